The van der Waals surface area contributed by atoms with Crippen LogP contribution in [0.5, 0.6) is 17.2 Å². The van der Waals surface area contributed by atoms with Crippen LogP contribution in [0.2, 0.25) is 0 Å². The van der Waals surface area contributed by atoms with Crippen molar-refractivity contribution in [2.75, 3.05) is 39.8 Å². The fourth-order valence-corrected chi connectivity index (χ4v) is 4.07. The average molecular weight is 544 g/mol. The molecule has 0 fully saturated rings. The summed E-state index contributed by atoms with van der Waals surface area (Å²) in [5.41, 5.74) is 2.41. The van der Waals surface area contributed by atoms with Crippen LogP contribution < -0.4 is 24.4 Å². The van der Waals surface area contributed by atoms with Crippen molar-refractivity contribution in [3.63, 3.8) is 0 Å². The third-order valence-corrected chi connectivity index (χ3v) is 6.02. The number of ether oxygens (including phenoxy) is 3. The predicted octanol–water partition coefficient (Wildman–Crippen LogP) is 5.33. The molecule has 0 unspecified atom stereocenters. The molecule has 2 heterocycles. The largest absolute Gasteiger partial charge is 0.494 e. The summed E-state index contributed by atoms with van der Waals surface area (Å²) in [6.45, 7) is -0.117. The lowest BCUT2D eigenvalue weighted by atomic mass is 10.1. The molecule has 0 aliphatic rings. The van der Waals surface area contributed by atoms with Gasteiger partial charge in [0.2, 0.25) is 0 Å². The van der Waals surface area contributed by atoms with E-state index >= 15 is 8.78 Å². The van der Waals surface area contributed by atoms with Gasteiger partial charge in [-0.05, 0) is 42.3 Å². The molecule has 2 aromatic carbocycles. The minimum atomic E-state index is -0.909. The lowest BCUT2D eigenvalue weighted by Gasteiger charge is -2.25. The van der Waals surface area contributed by atoms with Gasteiger partial charge in [-0.1, -0.05) is 5.92 Å². The first-order chi connectivity index (χ1) is 19.4. The summed E-state index contributed by atoms with van der Waals surface area (Å²) in [6.07, 6.45) is 6.13. The number of hydrogen-bond donors (Lipinski definition) is 2. The van der Waals surface area contributed by atoms with Crippen LogP contribution in [-0.2, 0) is 0 Å². The van der Waals surface area contributed by atoms with E-state index in [4.69, 9.17) is 19.6 Å². The second kappa shape index (κ2) is 12.6. The Bertz CT molecular complexity index is 1620. The van der Waals surface area contributed by atoms with Crippen LogP contribution >= 0.6 is 0 Å². The zero-order valence-electron chi connectivity index (χ0n) is 22.4. The molecule has 10 heteroatoms. The zero-order chi connectivity index (χ0) is 28.6. The molecular weight excluding hydrogens is 516 g/mol. The number of nitrogens with zero attached hydrogens (tertiary/aromatic N) is 3. The van der Waals surface area contributed by atoms with Gasteiger partial charge in [0.05, 0.1) is 33.4 Å². The van der Waals surface area contributed by atoms with E-state index in [9.17, 15) is 0 Å². The first-order valence-corrected chi connectivity index (χ1v) is 12.1. The molecule has 0 spiro atoms. The number of anilines is 2. The van der Waals surface area contributed by atoms with Gasteiger partial charge in [0.15, 0.2) is 34.6 Å². The number of fused-ring (bicyclic) bond motifs is 1. The Hall–Kier alpha value is -5.17. The smallest absolute Gasteiger partial charge is 0.191 e. The standard InChI is InChI=1S/C30H27F2N5O3/c1-34-17-21(16-33)20-13-19-14-22(9-10-23(19)36-18-20)37(12-6-7-24-25(38-2)8-5-11-35-24)30-28(31)26(39-3)15-27(40-4)29(30)32/h5,8-11,13-18,33-34H,12H2,1-4H3/b21-17+,33-16?. The summed E-state index contributed by atoms with van der Waals surface area (Å²) in [7, 11) is 5.83. The molecule has 0 saturated heterocycles. The molecule has 4 aromatic rings. The summed E-state index contributed by atoms with van der Waals surface area (Å²) < 4.78 is 47.0. The van der Waals surface area contributed by atoms with Crippen LogP contribution in [-0.4, -0.2) is 51.1 Å². The molecule has 2 N–H and O–H groups in total. The van der Waals surface area contributed by atoms with Gasteiger partial charge in [0.25, 0.3) is 0 Å². The highest BCUT2D eigenvalue weighted by molar-refractivity contribution is 6.09. The van der Waals surface area contributed by atoms with Gasteiger partial charge in [-0.15, -0.1) is 0 Å². The molecule has 204 valence electrons. The van der Waals surface area contributed by atoms with E-state index in [0.717, 1.165) is 6.07 Å². The normalized spacial score (nSPS) is 10.9. The molecule has 0 radical (unpaired) electrons. The quantitative estimate of drug-likeness (QED) is 0.218. The van der Waals surface area contributed by atoms with E-state index in [-0.39, 0.29) is 18.0 Å². The highest BCUT2D eigenvalue weighted by Crippen LogP contribution is 2.40. The number of methoxy groups -OCH3 is 3. The molecule has 0 saturated carbocycles. The van der Waals surface area contributed by atoms with Crippen LogP contribution in [0.15, 0.2) is 61.1 Å². The molecule has 0 bridgehead atoms. The van der Waals surface area contributed by atoms with Gasteiger partial charge in [-0.3, -0.25) is 4.98 Å². The van der Waals surface area contributed by atoms with Crippen molar-refractivity contribution < 1.29 is 23.0 Å². The van der Waals surface area contributed by atoms with Crippen molar-refractivity contribution in [3.8, 4) is 29.1 Å². The van der Waals surface area contributed by atoms with Crippen LogP contribution in [0.4, 0.5) is 20.2 Å². The Morgan fingerprint density at radius 1 is 1.00 bits per heavy atom. The predicted molar refractivity (Wildman–Crippen MR) is 152 cm³/mol. The number of allylic oxidation sites excluding steroid dienone is 1. The second-order valence-corrected chi connectivity index (χ2v) is 8.33. The van der Waals surface area contributed by atoms with E-state index < -0.39 is 17.3 Å². The highest BCUT2D eigenvalue weighted by atomic mass is 19.1. The number of nitrogens with one attached hydrogen (secondary N) is 2. The zero-order valence-corrected chi connectivity index (χ0v) is 22.4. The van der Waals surface area contributed by atoms with Gasteiger partial charge in [-0.25, -0.2) is 13.8 Å². The number of pyridine rings is 2. The lowest BCUT2D eigenvalue weighted by molar-refractivity contribution is 0.359. The third-order valence-electron chi connectivity index (χ3n) is 6.02. The fourth-order valence-electron chi connectivity index (χ4n) is 4.07. The third kappa shape index (κ3) is 5.63. The maximum absolute atomic E-state index is 15.7. The van der Waals surface area contributed by atoms with Crippen molar-refractivity contribution in [3.05, 3.63) is 84.0 Å². The first-order valence-electron chi connectivity index (χ1n) is 12.1. The number of aromatic nitrogens is 2. The maximum Gasteiger partial charge on any atom is 0.191 e. The lowest BCUT2D eigenvalue weighted by Crippen LogP contribution is -2.21. The molecule has 40 heavy (non-hydrogen) atoms. The monoisotopic (exact) mass is 543 g/mol. The minimum absolute atomic E-state index is 0.117. The van der Waals surface area contributed by atoms with Crippen LogP contribution in [0.25, 0.3) is 16.5 Å². The van der Waals surface area contributed by atoms with E-state index in [0.29, 0.717) is 39.2 Å². The van der Waals surface area contributed by atoms with Gasteiger partial charge >= 0.3 is 0 Å². The Morgan fingerprint density at radius 3 is 2.38 bits per heavy atom. The minimum Gasteiger partial charge on any atom is -0.494 e. The Labute approximate surface area is 230 Å². The molecule has 2 aromatic heterocycles. The maximum atomic E-state index is 15.7. The Morgan fingerprint density at radius 2 is 1.73 bits per heavy atom. The number of halogens is 2. The van der Waals surface area contributed by atoms with Gasteiger partial charge in [0.1, 0.15) is 5.69 Å². The topological polar surface area (TPSA) is 92.6 Å². The summed E-state index contributed by atoms with van der Waals surface area (Å²) >= 11 is 0. The van der Waals surface area contributed by atoms with Crippen molar-refractivity contribution in [2.45, 2.75) is 0 Å². The van der Waals surface area contributed by atoms with E-state index in [1.165, 1.54) is 32.4 Å². The van der Waals surface area contributed by atoms with Crippen LogP contribution in [0, 0.1) is 28.9 Å². The van der Waals surface area contributed by atoms with Crippen LogP contribution in [0.1, 0.15) is 11.3 Å². The molecule has 4 rings (SSSR count). The second-order valence-electron chi connectivity index (χ2n) is 8.33. The first kappa shape index (κ1) is 27.9. The number of hydrogen-bond acceptors (Lipinski definition) is 8. The van der Waals surface area contributed by atoms with Crippen molar-refractivity contribution >= 4 is 34.1 Å². The van der Waals surface area contributed by atoms with Crippen molar-refractivity contribution in [1.82, 2.24) is 15.3 Å². The van der Waals surface area contributed by atoms with Crippen LogP contribution in [0.3, 0.4) is 0 Å². The average Bonchev–Trinajstić information content (AvgIpc) is 2.98. The Balaban J connectivity index is 1.90. The van der Waals surface area contributed by atoms with Crippen molar-refractivity contribution in [2.24, 2.45) is 0 Å². The highest BCUT2D eigenvalue weighted by Gasteiger charge is 2.26. The van der Waals surface area contributed by atoms with E-state index in [2.05, 4.69) is 27.1 Å². The van der Waals surface area contributed by atoms with Gasteiger partial charge in [0, 0.05) is 60.1 Å². The summed E-state index contributed by atoms with van der Waals surface area (Å²) in [4.78, 5) is 10.1. The molecule has 0 amide bonds. The molecule has 0 aliphatic carbocycles. The Kier molecular flexibility index (Phi) is 8.76. The van der Waals surface area contributed by atoms with Gasteiger partial charge in [-0.2, -0.15) is 0 Å². The summed E-state index contributed by atoms with van der Waals surface area (Å²) in [5, 5.41) is 11.3. The summed E-state index contributed by atoms with van der Waals surface area (Å²) in [5.74, 6) is 4.17. The fraction of sp³-hybridized carbons (Fsp3) is 0.167. The van der Waals surface area contributed by atoms with E-state index in [1.54, 1.807) is 56.0 Å². The number of rotatable bonds is 9. The molecular formula is C30H27F2N5O3. The molecule has 0 aliphatic heterocycles. The van der Waals surface area contributed by atoms with Gasteiger partial charge < -0.3 is 29.8 Å². The van der Waals surface area contributed by atoms with Crippen molar-refractivity contribution in [1.29, 1.82) is 5.41 Å². The molecule has 0 atom stereocenters. The SMILES string of the molecule is CN/C=C(\C=N)c1cnc2ccc(N(CC#Cc3ncccc3OC)c3c(F)c(OC)cc(OC)c3F)cc2c1. The molecule has 8 nitrogen and oxygen atoms in total. The van der Waals surface area contributed by atoms with E-state index in [1.807, 2.05) is 6.07 Å². The summed E-state index contributed by atoms with van der Waals surface area (Å²) in [6, 6.07) is 11.6. The number of benzene rings is 2.